The van der Waals surface area contributed by atoms with Gasteiger partial charge in [0.05, 0.1) is 5.69 Å². The van der Waals surface area contributed by atoms with Crippen LogP contribution in [0.5, 0.6) is 0 Å². The maximum atomic E-state index is 11.9. The molecule has 6 nitrogen and oxygen atoms in total. The molecule has 0 aromatic carbocycles. The Kier molecular flexibility index (Phi) is 4.07. The van der Waals surface area contributed by atoms with Crippen LogP contribution in [0.25, 0.3) is 5.65 Å². The van der Waals surface area contributed by atoms with Crippen LogP contribution in [0.2, 0.25) is 0 Å². The average Bonchev–Trinajstić information content (AvgIpc) is 3.00. The smallest absolute Gasteiger partial charge is 0.258 e. The van der Waals surface area contributed by atoms with Gasteiger partial charge in [0.1, 0.15) is 5.65 Å². The molecular formula is C15H17N5O. The summed E-state index contributed by atoms with van der Waals surface area (Å²) < 4.78 is 3.45. The van der Waals surface area contributed by atoms with Gasteiger partial charge in [-0.1, -0.05) is 6.07 Å². The first-order valence-corrected chi connectivity index (χ1v) is 6.98. The Hall–Kier alpha value is -2.47. The number of aromatic nitrogens is 4. The highest BCUT2D eigenvalue weighted by Gasteiger charge is 2.01. The Morgan fingerprint density at radius 2 is 2.14 bits per heavy atom. The van der Waals surface area contributed by atoms with Crippen LogP contribution < -0.4 is 10.9 Å². The molecule has 3 aromatic rings. The molecule has 3 heterocycles. The minimum Gasteiger partial charge on any atom is -0.311 e. The van der Waals surface area contributed by atoms with E-state index in [2.05, 4.69) is 15.4 Å². The van der Waals surface area contributed by atoms with Gasteiger partial charge in [-0.25, -0.2) is 4.98 Å². The summed E-state index contributed by atoms with van der Waals surface area (Å²) in [5.74, 6) is 0. The summed E-state index contributed by atoms with van der Waals surface area (Å²) in [5.41, 5.74) is 1.40. The summed E-state index contributed by atoms with van der Waals surface area (Å²) in [7, 11) is 0. The van der Waals surface area contributed by atoms with Gasteiger partial charge < -0.3 is 5.32 Å². The number of aryl methyl sites for hydroxylation is 1. The highest BCUT2D eigenvalue weighted by molar-refractivity contribution is 5.37. The fraction of sp³-hybridized carbons (Fsp3) is 0.267. The van der Waals surface area contributed by atoms with Gasteiger partial charge in [-0.05, 0) is 31.2 Å². The Labute approximate surface area is 122 Å². The van der Waals surface area contributed by atoms with Gasteiger partial charge in [-0.3, -0.25) is 13.9 Å². The van der Waals surface area contributed by atoms with E-state index in [1.54, 1.807) is 22.9 Å². The molecule has 0 bridgehead atoms. The third kappa shape index (κ3) is 3.35. The molecule has 0 unspecified atom stereocenters. The van der Waals surface area contributed by atoms with Crippen LogP contribution >= 0.6 is 0 Å². The molecule has 0 fully saturated rings. The second kappa shape index (κ2) is 6.32. The van der Waals surface area contributed by atoms with Crippen molar-refractivity contribution in [2.24, 2.45) is 0 Å². The van der Waals surface area contributed by atoms with Crippen molar-refractivity contribution in [2.75, 3.05) is 6.54 Å². The molecule has 0 aliphatic heterocycles. The summed E-state index contributed by atoms with van der Waals surface area (Å²) in [6, 6.07) is 9.03. The van der Waals surface area contributed by atoms with Crippen LogP contribution in [0.4, 0.5) is 0 Å². The lowest BCUT2D eigenvalue weighted by atomic mass is 10.3. The largest absolute Gasteiger partial charge is 0.311 e. The molecule has 1 N–H and O–H groups in total. The number of hydrogen-bond donors (Lipinski definition) is 1. The maximum Gasteiger partial charge on any atom is 0.258 e. The average molecular weight is 283 g/mol. The van der Waals surface area contributed by atoms with Crippen molar-refractivity contribution in [3.8, 4) is 0 Å². The predicted octanol–water partition coefficient (Wildman–Crippen LogP) is 1.07. The van der Waals surface area contributed by atoms with E-state index in [9.17, 15) is 4.79 Å². The third-order valence-corrected chi connectivity index (χ3v) is 3.23. The SMILES string of the molecule is O=c1cc(CNCCCn2cccn2)nc2ccccn12. The second-order valence-corrected chi connectivity index (χ2v) is 4.81. The molecule has 0 spiro atoms. The van der Waals surface area contributed by atoms with Gasteiger partial charge in [0.15, 0.2) is 0 Å². The van der Waals surface area contributed by atoms with E-state index >= 15 is 0 Å². The standard InChI is InChI=1S/C15H17N5O/c21-15-11-13(18-14-5-1-2-10-20(14)15)12-16-6-3-8-19-9-4-7-17-19/h1-2,4-5,7,9-11,16H,3,6,8,12H2. The lowest BCUT2D eigenvalue weighted by Gasteiger charge is -2.06. The summed E-state index contributed by atoms with van der Waals surface area (Å²) >= 11 is 0. The quantitative estimate of drug-likeness (QED) is 0.687. The van der Waals surface area contributed by atoms with Crippen molar-refractivity contribution in [3.05, 3.63) is 65.0 Å². The molecular weight excluding hydrogens is 266 g/mol. The zero-order chi connectivity index (χ0) is 14.5. The van der Waals surface area contributed by atoms with E-state index in [4.69, 9.17) is 0 Å². The molecule has 21 heavy (non-hydrogen) atoms. The van der Waals surface area contributed by atoms with E-state index in [-0.39, 0.29) is 5.56 Å². The van der Waals surface area contributed by atoms with Gasteiger partial charge >= 0.3 is 0 Å². The minimum atomic E-state index is -0.0473. The number of fused-ring (bicyclic) bond motifs is 1. The molecule has 0 aliphatic carbocycles. The zero-order valence-electron chi connectivity index (χ0n) is 11.6. The monoisotopic (exact) mass is 283 g/mol. The molecule has 0 saturated heterocycles. The van der Waals surface area contributed by atoms with E-state index in [1.807, 2.05) is 35.1 Å². The van der Waals surface area contributed by atoms with E-state index in [1.165, 1.54) is 0 Å². The van der Waals surface area contributed by atoms with Crippen molar-refractivity contribution in [1.82, 2.24) is 24.5 Å². The van der Waals surface area contributed by atoms with Gasteiger partial charge in [-0.15, -0.1) is 0 Å². The molecule has 0 atom stereocenters. The van der Waals surface area contributed by atoms with Gasteiger partial charge in [0.2, 0.25) is 0 Å². The lowest BCUT2D eigenvalue weighted by Crippen LogP contribution is -2.21. The van der Waals surface area contributed by atoms with Crippen LogP contribution in [0.1, 0.15) is 12.1 Å². The van der Waals surface area contributed by atoms with Crippen LogP contribution in [-0.2, 0) is 13.1 Å². The van der Waals surface area contributed by atoms with Gasteiger partial charge in [-0.2, -0.15) is 5.10 Å². The summed E-state index contributed by atoms with van der Waals surface area (Å²) in [6.45, 7) is 2.34. The fourth-order valence-electron chi connectivity index (χ4n) is 2.21. The number of rotatable bonds is 6. The molecule has 0 amide bonds. The first kappa shape index (κ1) is 13.5. The fourth-order valence-corrected chi connectivity index (χ4v) is 2.21. The maximum absolute atomic E-state index is 11.9. The normalized spacial score (nSPS) is 11.0. The number of pyridine rings is 1. The van der Waals surface area contributed by atoms with Crippen LogP contribution in [0.15, 0.2) is 53.7 Å². The molecule has 3 rings (SSSR count). The van der Waals surface area contributed by atoms with Crippen molar-refractivity contribution >= 4 is 5.65 Å². The van der Waals surface area contributed by atoms with E-state index in [0.717, 1.165) is 25.2 Å². The summed E-state index contributed by atoms with van der Waals surface area (Å²) in [4.78, 5) is 16.4. The highest BCUT2D eigenvalue weighted by Crippen LogP contribution is 1.98. The number of hydrogen-bond acceptors (Lipinski definition) is 4. The van der Waals surface area contributed by atoms with Crippen LogP contribution in [0.3, 0.4) is 0 Å². The molecule has 0 saturated carbocycles. The van der Waals surface area contributed by atoms with Crippen LogP contribution in [0, 0.1) is 0 Å². The van der Waals surface area contributed by atoms with Crippen molar-refractivity contribution in [2.45, 2.75) is 19.5 Å². The topological polar surface area (TPSA) is 64.2 Å². The third-order valence-electron chi connectivity index (χ3n) is 3.23. The Balaban J connectivity index is 1.54. The molecule has 0 radical (unpaired) electrons. The van der Waals surface area contributed by atoms with Gasteiger partial charge in [0, 0.05) is 37.7 Å². The Bertz CT molecular complexity index is 763. The van der Waals surface area contributed by atoms with E-state index in [0.29, 0.717) is 12.2 Å². The van der Waals surface area contributed by atoms with Crippen molar-refractivity contribution < 1.29 is 0 Å². The Morgan fingerprint density at radius 3 is 3.00 bits per heavy atom. The minimum absolute atomic E-state index is 0.0473. The second-order valence-electron chi connectivity index (χ2n) is 4.81. The van der Waals surface area contributed by atoms with Crippen molar-refractivity contribution in [3.63, 3.8) is 0 Å². The lowest BCUT2D eigenvalue weighted by molar-refractivity contribution is 0.541. The molecule has 3 aromatic heterocycles. The molecule has 0 aliphatic rings. The van der Waals surface area contributed by atoms with Crippen LogP contribution in [-0.4, -0.2) is 25.7 Å². The zero-order valence-corrected chi connectivity index (χ0v) is 11.6. The predicted molar refractivity (Wildman–Crippen MR) is 80.0 cm³/mol. The molecule has 6 heteroatoms. The first-order valence-electron chi connectivity index (χ1n) is 6.98. The van der Waals surface area contributed by atoms with E-state index < -0.39 is 0 Å². The summed E-state index contributed by atoms with van der Waals surface area (Å²) in [6.07, 6.45) is 6.44. The number of nitrogens with one attached hydrogen (secondary N) is 1. The van der Waals surface area contributed by atoms with Crippen molar-refractivity contribution in [1.29, 1.82) is 0 Å². The number of nitrogens with zero attached hydrogens (tertiary/aromatic N) is 4. The first-order chi connectivity index (χ1) is 10.3. The Morgan fingerprint density at radius 1 is 1.19 bits per heavy atom. The highest BCUT2D eigenvalue weighted by atomic mass is 16.1. The summed E-state index contributed by atoms with van der Waals surface area (Å²) in [5, 5.41) is 7.45. The molecule has 108 valence electrons. The van der Waals surface area contributed by atoms with Gasteiger partial charge in [0.25, 0.3) is 5.56 Å².